The fourth-order valence-corrected chi connectivity index (χ4v) is 2.57. The molecule has 0 aliphatic carbocycles. The molecule has 0 fully saturated rings. The Morgan fingerprint density at radius 2 is 2.12 bits per heavy atom. The number of carbonyl (C=O) groups excluding carboxylic acids is 1. The molecule has 0 unspecified atom stereocenters. The van der Waals surface area contributed by atoms with Gasteiger partial charge in [0.15, 0.2) is 5.65 Å². The van der Waals surface area contributed by atoms with Crippen LogP contribution in [0.1, 0.15) is 16.1 Å². The van der Waals surface area contributed by atoms with Gasteiger partial charge in [-0.3, -0.25) is 4.79 Å². The highest BCUT2D eigenvalue weighted by molar-refractivity contribution is 5.94. The molecule has 0 atom stereocenters. The van der Waals surface area contributed by atoms with E-state index in [2.05, 4.69) is 20.6 Å². The molecule has 1 aromatic carbocycles. The van der Waals surface area contributed by atoms with Gasteiger partial charge in [-0.15, -0.1) is 5.10 Å². The maximum Gasteiger partial charge on any atom is 0.251 e. The highest BCUT2D eigenvalue weighted by Gasteiger charge is 2.10. The first-order chi connectivity index (χ1) is 12.3. The van der Waals surface area contributed by atoms with Crippen LogP contribution in [0.25, 0.3) is 16.9 Å². The van der Waals surface area contributed by atoms with Gasteiger partial charge in [0, 0.05) is 24.7 Å². The molecule has 1 amide bonds. The molecule has 1 N–H and O–H groups in total. The normalized spacial score (nSPS) is 10.9. The van der Waals surface area contributed by atoms with Crippen LogP contribution in [0.3, 0.4) is 0 Å². The number of hydrogen-bond acceptors (Lipinski definition) is 5. The third kappa shape index (κ3) is 3.12. The molecule has 4 aromatic rings. The minimum Gasteiger partial charge on any atom is -0.469 e. The lowest BCUT2D eigenvalue weighted by Gasteiger charge is -2.06. The first-order valence-corrected chi connectivity index (χ1v) is 7.89. The van der Waals surface area contributed by atoms with Crippen LogP contribution in [0.2, 0.25) is 0 Å². The zero-order chi connectivity index (χ0) is 17.1. The van der Waals surface area contributed by atoms with Crippen molar-refractivity contribution in [3.05, 3.63) is 72.3 Å². The lowest BCUT2D eigenvalue weighted by molar-refractivity contribution is 0.0953. The van der Waals surface area contributed by atoms with Gasteiger partial charge in [-0.05, 0) is 42.5 Å². The molecule has 0 radical (unpaired) electrons. The summed E-state index contributed by atoms with van der Waals surface area (Å²) < 4.78 is 6.87. The molecule has 7 nitrogen and oxygen atoms in total. The Morgan fingerprint density at radius 1 is 1.16 bits per heavy atom. The standard InChI is InChI=1S/C18H15N5O2/c24-18(20-10-8-15-6-3-11-25-15)13-4-1-5-14(12-13)23-17-16(21-22-23)7-2-9-19-17/h1-7,9,11-12H,8,10H2,(H,20,24). The van der Waals surface area contributed by atoms with Crippen LogP contribution in [-0.2, 0) is 6.42 Å². The molecule has 0 aliphatic heterocycles. The molecule has 0 saturated heterocycles. The van der Waals surface area contributed by atoms with Gasteiger partial charge < -0.3 is 9.73 Å². The zero-order valence-corrected chi connectivity index (χ0v) is 13.3. The number of amides is 1. The molecule has 3 heterocycles. The maximum absolute atomic E-state index is 12.4. The number of pyridine rings is 1. The molecule has 3 aromatic heterocycles. The quantitative estimate of drug-likeness (QED) is 0.606. The molecular weight excluding hydrogens is 318 g/mol. The van der Waals surface area contributed by atoms with Crippen LogP contribution in [0.4, 0.5) is 0 Å². The molecule has 0 aliphatic rings. The van der Waals surface area contributed by atoms with Crippen molar-refractivity contribution in [2.75, 3.05) is 6.54 Å². The summed E-state index contributed by atoms with van der Waals surface area (Å²) in [5, 5.41) is 11.1. The van der Waals surface area contributed by atoms with E-state index in [0.717, 1.165) is 11.4 Å². The van der Waals surface area contributed by atoms with E-state index in [0.29, 0.717) is 29.7 Å². The first kappa shape index (κ1) is 15.1. The lowest BCUT2D eigenvalue weighted by atomic mass is 10.2. The number of nitrogens with one attached hydrogen (secondary N) is 1. The molecular formula is C18H15N5O2. The van der Waals surface area contributed by atoms with Gasteiger partial charge in [-0.1, -0.05) is 11.3 Å². The van der Waals surface area contributed by atoms with E-state index in [9.17, 15) is 4.79 Å². The van der Waals surface area contributed by atoms with Crippen molar-refractivity contribution < 1.29 is 9.21 Å². The number of hydrogen-bond donors (Lipinski definition) is 1. The summed E-state index contributed by atoms with van der Waals surface area (Å²) in [4.78, 5) is 16.7. The van der Waals surface area contributed by atoms with Crippen molar-refractivity contribution in [2.24, 2.45) is 0 Å². The highest BCUT2D eigenvalue weighted by Crippen LogP contribution is 2.15. The maximum atomic E-state index is 12.4. The Kier molecular flexibility index (Phi) is 3.96. The summed E-state index contributed by atoms with van der Waals surface area (Å²) in [6.45, 7) is 0.504. The molecule has 0 saturated carbocycles. The predicted molar refractivity (Wildman–Crippen MR) is 91.4 cm³/mol. The fraction of sp³-hybridized carbons (Fsp3) is 0.111. The Labute approximate surface area is 143 Å². The molecule has 124 valence electrons. The van der Waals surface area contributed by atoms with Gasteiger partial charge in [-0.2, -0.15) is 4.68 Å². The van der Waals surface area contributed by atoms with E-state index >= 15 is 0 Å². The SMILES string of the molecule is O=C(NCCc1ccco1)c1cccc(-n2nnc3cccnc32)c1. The lowest BCUT2D eigenvalue weighted by Crippen LogP contribution is -2.25. The number of aromatic nitrogens is 4. The van der Waals surface area contributed by atoms with Crippen molar-refractivity contribution in [1.82, 2.24) is 25.3 Å². The van der Waals surface area contributed by atoms with Crippen molar-refractivity contribution >= 4 is 17.1 Å². The molecule has 25 heavy (non-hydrogen) atoms. The summed E-state index contributed by atoms with van der Waals surface area (Å²) in [5.74, 6) is 0.694. The summed E-state index contributed by atoms with van der Waals surface area (Å²) in [7, 11) is 0. The monoisotopic (exact) mass is 333 g/mol. The summed E-state index contributed by atoms with van der Waals surface area (Å²) >= 11 is 0. The smallest absolute Gasteiger partial charge is 0.251 e. The third-order valence-electron chi connectivity index (χ3n) is 3.80. The van der Waals surface area contributed by atoms with Crippen LogP contribution in [-0.4, -0.2) is 32.4 Å². The predicted octanol–water partition coefficient (Wildman–Crippen LogP) is 2.38. The number of rotatable bonds is 5. The van der Waals surface area contributed by atoms with E-state index in [1.807, 2.05) is 36.4 Å². The van der Waals surface area contributed by atoms with E-state index in [-0.39, 0.29) is 5.91 Å². The van der Waals surface area contributed by atoms with Crippen LogP contribution in [0.5, 0.6) is 0 Å². The van der Waals surface area contributed by atoms with Crippen molar-refractivity contribution in [2.45, 2.75) is 6.42 Å². The van der Waals surface area contributed by atoms with E-state index in [4.69, 9.17) is 4.42 Å². The van der Waals surface area contributed by atoms with E-state index in [1.165, 1.54) is 0 Å². The molecule has 0 spiro atoms. The number of carbonyl (C=O) groups is 1. The van der Waals surface area contributed by atoms with Crippen LogP contribution >= 0.6 is 0 Å². The van der Waals surface area contributed by atoms with E-state index < -0.39 is 0 Å². The number of furan rings is 1. The van der Waals surface area contributed by atoms with Crippen LogP contribution in [0, 0.1) is 0 Å². The van der Waals surface area contributed by atoms with Gasteiger partial charge >= 0.3 is 0 Å². The Balaban J connectivity index is 1.52. The van der Waals surface area contributed by atoms with Crippen molar-refractivity contribution in [3.8, 4) is 5.69 Å². The van der Waals surface area contributed by atoms with Gasteiger partial charge in [-0.25, -0.2) is 4.98 Å². The van der Waals surface area contributed by atoms with Crippen molar-refractivity contribution in [3.63, 3.8) is 0 Å². The van der Waals surface area contributed by atoms with Crippen molar-refractivity contribution in [1.29, 1.82) is 0 Å². The number of benzene rings is 1. The minimum atomic E-state index is -0.147. The average Bonchev–Trinajstić information content (AvgIpc) is 3.31. The topological polar surface area (TPSA) is 85.8 Å². The highest BCUT2D eigenvalue weighted by atomic mass is 16.3. The second-order valence-electron chi connectivity index (χ2n) is 5.48. The number of nitrogens with zero attached hydrogens (tertiary/aromatic N) is 4. The average molecular weight is 333 g/mol. The molecule has 7 heteroatoms. The molecule has 4 rings (SSSR count). The Morgan fingerprint density at radius 3 is 3.00 bits per heavy atom. The van der Waals surface area contributed by atoms with E-state index in [1.54, 1.807) is 29.3 Å². The van der Waals surface area contributed by atoms with Gasteiger partial charge in [0.25, 0.3) is 5.91 Å². The Bertz CT molecular complexity index is 1010. The van der Waals surface area contributed by atoms with Gasteiger partial charge in [0.2, 0.25) is 0 Å². The van der Waals surface area contributed by atoms with Crippen LogP contribution < -0.4 is 5.32 Å². The second kappa shape index (κ2) is 6.56. The zero-order valence-electron chi connectivity index (χ0n) is 13.3. The Hall–Kier alpha value is -3.48. The largest absolute Gasteiger partial charge is 0.469 e. The first-order valence-electron chi connectivity index (χ1n) is 7.89. The third-order valence-corrected chi connectivity index (χ3v) is 3.80. The minimum absolute atomic E-state index is 0.147. The van der Waals surface area contributed by atoms with Gasteiger partial charge in [0.05, 0.1) is 12.0 Å². The molecule has 0 bridgehead atoms. The van der Waals surface area contributed by atoms with Crippen LogP contribution in [0.15, 0.2) is 65.4 Å². The summed E-state index contributed by atoms with van der Waals surface area (Å²) in [5.41, 5.74) is 2.64. The second-order valence-corrected chi connectivity index (χ2v) is 5.48. The fourth-order valence-electron chi connectivity index (χ4n) is 2.57. The summed E-state index contributed by atoms with van der Waals surface area (Å²) in [6, 6.07) is 14.6. The summed E-state index contributed by atoms with van der Waals surface area (Å²) in [6.07, 6.45) is 3.96. The number of fused-ring (bicyclic) bond motifs is 1. The van der Waals surface area contributed by atoms with Gasteiger partial charge in [0.1, 0.15) is 11.3 Å².